The number of rotatable bonds is 6. The third kappa shape index (κ3) is 3.77. The second-order valence-electron chi connectivity index (χ2n) is 5.09. The molecule has 0 heterocycles. The standard InChI is InChI=1S/C18H22INO/c1-4-12-21-16-11-6-5-9-14(16)18(20-3)15-10-7-8-13(2)17(15)19/h5-11,18,20H,4,12H2,1-3H3. The highest BCUT2D eigenvalue weighted by Gasteiger charge is 2.19. The Labute approximate surface area is 141 Å². The predicted molar refractivity (Wildman–Crippen MR) is 97.0 cm³/mol. The van der Waals surface area contributed by atoms with Gasteiger partial charge < -0.3 is 10.1 Å². The van der Waals surface area contributed by atoms with E-state index in [2.05, 4.69) is 78.2 Å². The van der Waals surface area contributed by atoms with Crippen LogP contribution in [0.5, 0.6) is 5.75 Å². The molecular weight excluding hydrogens is 373 g/mol. The van der Waals surface area contributed by atoms with Crippen molar-refractivity contribution in [3.8, 4) is 5.75 Å². The van der Waals surface area contributed by atoms with E-state index in [-0.39, 0.29) is 6.04 Å². The molecule has 1 unspecified atom stereocenters. The maximum atomic E-state index is 5.92. The molecular formula is C18H22INO. The Hall–Kier alpha value is -1.07. The highest BCUT2D eigenvalue weighted by atomic mass is 127. The summed E-state index contributed by atoms with van der Waals surface area (Å²) in [5.74, 6) is 0.969. The lowest BCUT2D eigenvalue weighted by Gasteiger charge is -2.22. The van der Waals surface area contributed by atoms with E-state index in [4.69, 9.17) is 4.74 Å². The third-order valence-corrected chi connectivity index (χ3v) is 4.99. The van der Waals surface area contributed by atoms with E-state index in [0.29, 0.717) is 0 Å². The smallest absolute Gasteiger partial charge is 0.124 e. The van der Waals surface area contributed by atoms with Gasteiger partial charge in [-0.05, 0) is 60.2 Å². The van der Waals surface area contributed by atoms with E-state index in [1.54, 1.807) is 0 Å². The van der Waals surface area contributed by atoms with Crippen LogP contribution in [0.4, 0.5) is 0 Å². The zero-order chi connectivity index (χ0) is 15.2. The maximum absolute atomic E-state index is 5.92. The van der Waals surface area contributed by atoms with Crippen LogP contribution >= 0.6 is 22.6 Å². The first-order chi connectivity index (χ1) is 10.2. The average molecular weight is 395 g/mol. The van der Waals surface area contributed by atoms with Crippen LogP contribution in [0.25, 0.3) is 0 Å². The van der Waals surface area contributed by atoms with Gasteiger partial charge in [-0.25, -0.2) is 0 Å². The Bertz CT molecular complexity index is 598. The largest absolute Gasteiger partial charge is 0.493 e. The van der Waals surface area contributed by atoms with Gasteiger partial charge in [-0.2, -0.15) is 0 Å². The quantitative estimate of drug-likeness (QED) is 0.717. The van der Waals surface area contributed by atoms with Gasteiger partial charge in [-0.3, -0.25) is 0 Å². The number of nitrogens with one attached hydrogen (secondary N) is 1. The van der Waals surface area contributed by atoms with Crippen LogP contribution in [0, 0.1) is 10.5 Å². The van der Waals surface area contributed by atoms with E-state index < -0.39 is 0 Å². The number of halogens is 1. The first kappa shape index (κ1) is 16.3. The van der Waals surface area contributed by atoms with E-state index >= 15 is 0 Å². The van der Waals surface area contributed by atoms with Crippen LogP contribution in [0.3, 0.4) is 0 Å². The first-order valence-corrected chi connectivity index (χ1v) is 8.41. The molecule has 0 aliphatic heterocycles. The molecule has 0 spiro atoms. The Morgan fingerprint density at radius 1 is 1.10 bits per heavy atom. The molecule has 0 bridgehead atoms. The SMILES string of the molecule is CCCOc1ccccc1C(NC)c1cccc(C)c1I. The Morgan fingerprint density at radius 3 is 2.52 bits per heavy atom. The van der Waals surface area contributed by atoms with Gasteiger partial charge in [-0.15, -0.1) is 0 Å². The fraction of sp³-hybridized carbons (Fsp3) is 0.333. The summed E-state index contributed by atoms with van der Waals surface area (Å²) >= 11 is 2.43. The van der Waals surface area contributed by atoms with Crippen molar-refractivity contribution in [1.29, 1.82) is 0 Å². The van der Waals surface area contributed by atoms with Crippen molar-refractivity contribution < 1.29 is 4.74 Å². The molecule has 3 heteroatoms. The average Bonchev–Trinajstić information content (AvgIpc) is 2.51. The highest BCUT2D eigenvalue weighted by molar-refractivity contribution is 14.1. The number of benzene rings is 2. The Morgan fingerprint density at radius 2 is 1.81 bits per heavy atom. The molecule has 21 heavy (non-hydrogen) atoms. The van der Waals surface area contributed by atoms with Crippen molar-refractivity contribution in [2.75, 3.05) is 13.7 Å². The molecule has 0 amide bonds. The minimum absolute atomic E-state index is 0.143. The zero-order valence-corrected chi connectivity index (χ0v) is 15.0. The minimum atomic E-state index is 0.143. The van der Waals surface area contributed by atoms with Gasteiger partial charge in [0.05, 0.1) is 12.6 Å². The fourth-order valence-corrected chi connectivity index (χ4v) is 3.11. The Balaban J connectivity index is 2.44. The summed E-state index contributed by atoms with van der Waals surface area (Å²) < 4.78 is 7.22. The molecule has 0 saturated heterocycles. The second kappa shape index (κ2) is 7.80. The lowest BCUT2D eigenvalue weighted by Crippen LogP contribution is -2.20. The molecule has 2 aromatic carbocycles. The molecule has 2 aromatic rings. The van der Waals surface area contributed by atoms with Crippen molar-refractivity contribution in [3.05, 3.63) is 62.7 Å². The van der Waals surface area contributed by atoms with Gasteiger partial charge in [-0.1, -0.05) is 43.3 Å². The highest BCUT2D eigenvalue weighted by Crippen LogP contribution is 2.33. The van der Waals surface area contributed by atoms with Crippen LogP contribution in [0.1, 0.15) is 36.1 Å². The van der Waals surface area contributed by atoms with Gasteiger partial charge in [0.25, 0.3) is 0 Å². The lowest BCUT2D eigenvalue weighted by molar-refractivity contribution is 0.312. The summed E-state index contributed by atoms with van der Waals surface area (Å²) in [6.07, 6.45) is 1.01. The van der Waals surface area contributed by atoms with Crippen molar-refractivity contribution in [3.63, 3.8) is 0 Å². The summed E-state index contributed by atoms with van der Waals surface area (Å²) in [5, 5.41) is 3.43. The van der Waals surface area contributed by atoms with E-state index in [1.807, 2.05) is 13.1 Å². The molecule has 0 saturated carbocycles. The molecule has 112 valence electrons. The zero-order valence-electron chi connectivity index (χ0n) is 12.8. The second-order valence-corrected chi connectivity index (χ2v) is 6.16. The van der Waals surface area contributed by atoms with Crippen molar-refractivity contribution in [2.45, 2.75) is 26.3 Å². The molecule has 0 aliphatic carbocycles. The number of hydrogen-bond acceptors (Lipinski definition) is 2. The topological polar surface area (TPSA) is 21.3 Å². The number of aryl methyl sites for hydroxylation is 1. The van der Waals surface area contributed by atoms with E-state index in [1.165, 1.54) is 20.3 Å². The summed E-state index contributed by atoms with van der Waals surface area (Å²) in [5.41, 5.74) is 3.79. The van der Waals surface area contributed by atoms with Gasteiger partial charge in [0.2, 0.25) is 0 Å². The molecule has 1 atom stereocenters. The van der Waals surface area contributed by atoms with Crippen LogP contribution in [0.15, 0.2) is 42.5 Å². The van der Waals surface area contributed by atoms with E-state index in [9.17, 15) is 0 Å². The number of hydrogen-bond donors (Lipinski definition) is 1. The predicted octanol–water partition coefficient (Wildman–Crippen LogP) is 4.70. The molecule has 0 radical (unpaired) electrons. The molecule has 0 fully saturated rings. The van der Waals surface area contributed by atoms with Crippen molar-refractivity contribution >= 4 is 22.6 Å². The van der Waals surface area contributed by atoms with Crippen molar-refractivity contribution in [2.24, 2.45) is 0 Å². The monoisotopic (exact) mass is 395 g/mol. The van der Waals surface area contributed by atoms with Gasteiger partial charge in [0.1, 0.15) is 5.75 Å². The Kier molecular flexibility index (Phi) is 6.06. The molecule has 1 N–H and O–H groups in total. The summed E-state index contributed by atoms with van der Waals surface area (Å²) in [6, 6.07) is 14.9. The van der Waals surface area contributed by atoms with Gasteiger partial charge >= 0.3 is 0 Å². The summed E-state index contributed by atoms with van der Waals surface area (Å²) in [4.78, 5) is 0. The molecule has 0 aromatic heterocycles. The lowest BCUT2D eigenvalue weighted by atomic mass is 9.96. The number of para-hydroxylation sites is 1. The third-order valence-electron chi connectivity index (χ3n) is 3.51. The van der Waals surface area contributed by atoms with Crippen LogP contribution < -0.4 is 10.1 Å². The molecule has 2 nitrogen and oxygen atoms in total. The normalized spacial score (nSPS) is 12.2. The summed E-state index contributed by atoms with van der Waals surface area (Å²) in [6.45, 7) is 5.03. The van der Waals surface area contributed by atoms with Crippen LogP contribution in [0.2, 0.25) is 0 Å². The van der Waals surface area contributed by atoms with Gasteiger partial charge in [0.15, 0.2) is 0 Å². The van der Waals surface area contributed by atoms with Crippen LogP contribution in [-0.2, 0) is 0 Å². The van der Waals surface area contributed by atoms with E-state index in [0.717, 1.165) is 18.8 Å². The maximum Gasteiger partial charge on any atom is 0.124 e. The molecule has 2 rings (SSSR count). The minimum Gasteiger partial charge on any atom is -0.493 e. The first-order valence-electron chi connectivity index (χ1n) is 7.33. The van der Waals surface area contributed by atoms with Crippen LogP contribution in [-0.4, -0.2) is 13.7 Å². The van der Waals surface area contributed by atoms with Gasteiger partial charge in [0, 0.05) is 9.13 Å². The number of ether oxygens (including phenoxy) is 1. The fourth-order valence-electron chi connectivity index (χ4n) is 2.43. The molecule has 0 aliphatic rings. The summed E-state index contributed by atoms with van der Waals surface area (Å²) in [7, 11) is 2.00. The van der Waals surface area contributed by atoms with Crippen molar-refractivity contribution in [1.82, 2.24) is 5.32 Å².